The molecule has 0 spiro atoms. The second-order valence-electron chi connectivity index (χ2n) is 6.17. The summed E-state index contributed by atoms with van der Waals surface area (Å²) in [5.74, 6) is 0.291. The van der Waals surface area contributed by atoms with Crippen LogP contribution in [0.15, 0.2) is 0 Å². The number of rotatable bonds is 5. The van der Waals surface area contributed by atoms with Crippen LogP contribution in [0.2, 0.25) is 0 Å². The molecule has 0 aromatic carbocycles. The number of carbonyl (C=O) groups excluding carboxylic acids is 1. The lowest BCUT2D eigenvalue weighted by atomic mass is 9.83. The predicted molar refractivity (Wildman–Crippen MR) is 78.2 cm³/mol. The topological polar surface area (TPSA) is 75.4 Å². The van der Waals surface area contributed by atoms with E-state index in [0.717, 1.165) is 45.1 Å². The third-order valence-electron chi connectivity index (χ3n) is 4.79. The van der Waals surface area contributed by atoms with Gasteiger partial charge in [0.1, 0.15) is 0 Å². The molecule has 0 aromatic rings. The Labute approximate surface area is 121 Å². The zero-order chi connectivity index (χ0) is 13.0. The van der Waals surface area contributed by atoms with E-state index in [1.807, 2.05) is 0 Å². The van der Waals surface area contributed by atoms with Gasteiger partial charge in [-0.2, -0.15) is 0 Å². The van der Waals surface area contributed by atoms with Crippen molar-refractivity contribution < 1.29 is 9.90 Å². The fourth-order valence-electron chi connectivity index (χ4n) is 3.55. The summed E-state index contributed by atoms with van der Waals surface area (Å²) in [5, 5.41) is 12.3. The zero-order valence-corrected chi connectivity index (χ0v) is 12.4. The van der Waals surface area contributed by atoms with Gasteiger partial charge in [-0.3, -0.25) is 4.79 Å². The van der Waals surface area contributed by atoms with Crippen LogP contribution in [0.3, 0.4) is 0 Å². The normalized spacial score (nSPS) is 28.9. The maximum Gasteiger partial charge on any atom is 0.223 e. The fourth-order valence-corrected chi connectivity index (χ4v) is 3.55. The van der Waals surface area contributed by atoms with Gasteiger partial charge in [-0.25, -0.2) is 0 Å². The van der Waals surface area contributed by atoms with Crippen LogP contribution in [0, 0.1) is 11.3 Å². The van der Waals surface area contributed by atoms with Gasteiger partial charge in [0.05, 0.1) is 0 Å². The second-order valence-corrected chi connectivity index (χ2v) is 6.17. The molecule has 4 nitrogen and oxygen atoms in total. The van der Waals surface area contributed by atoms with E-state index >= 15 is 0 Å². The number of nitrogens with one attached hydrogen (secondary N) is 1. The molecule has 0 bridgehead atoms. The lowest BCUT2D eigenvalue weighted by Crippen LogP contribution is -2.39. The third-order valence-corrected chi connectivity index (χ3v) is 4.79. The van der Waals surface area contributed by atoms with Crippen molar-refractivity contribution in [1.29, 1.82) is 0 Å². The Hall–Kier alpha value is -0.320. The zero-order valence-electron chi connectivity index (χ0n) is 11.6. The molecule has 0 saturated heterocycles. The lowest BCUT2D eigenvalue weighted by molar-refractivity contribution is -0.125. The van der Waals surface area contributed by atoms with Crippen LogP contribution in [0.4, 0.5) is 0 Å². The highest BCUT2D eigenvalue weighted by Crippen LogP contribution is 2.40. The minimum atomic E-state index is 0. The largest absolute Gasteiger partial charge is 0.396 e. The first-order chi connectivity index (χ1) is 8.65. The minimum absolute atomic E-state index is 0. The summed E-state index contributed by atoms with van der Waals surface area (Å²) in [7, 11) is 0. The van der Waals surface area contributed by atoms with E-state index in [9.17, 15) is 9.90 Å². The molecule has 4 N–H and O–H groups in total. The molecule has 2 rings (SSSR count). The number of hydrogen-bond donors (Lipinski definition) is 3. The van der Waals surface area contributed by atoms with E-state index < -0.39 is 0 Å². The van der Waals surface area contributed by atoms with Gasteiger partial charge in [0.25, 0.3) is 0 Å². The molecule has 5 heteroatoms. The van der Waals surface area contributed by atoms with E-state index in [2.05, 4.69) is 5.32 Å². The smallest absolute Gasteiger partial charge is 0.223 e. The van der Waals surface area contributed by atoms with Gasteiger partial charge in [-0.15, -0.1) is 12.4 Å². The second kappa shape index (κ2) is 7.46. The van der Waals surface area contributed by atoms with Crippen molar-refractivity contribution >= 4 is 18.3 Å². The summed E-state index contributed by atoms with van der Waals surface area (Å²) in [6, 6.07) is 0.207. The summed E-state index contributed by atoms with van der Waals surface area (Å²) in [6.45, 7) is 0.961. The average molecular weight is 291 g/mol. The van der Waals surface area contributed by atoms with Crippen molar-refractivity contribution in [1.82, 2.24) is 5.32 Å². The van der Waals surface area contributed by atoms with Gasteiger partial charge >= 0.3 is 0 Å². The van der Waals surface area contributed by atoms with Crippen molar-refractivity contribution in [3.8, 4) is 0 Å². The first-order valence-corrected chi connectivity index (χ1v) is 7.29. The van der Waals surface area contributed by atoms with Crippen molar-refractivity contribution in [3.05, 3.63) is 0 Å². The predicted octanol–water partition coefficient (Wildman–Crippen LogP) is 1.59. The van der Waals surface area contributed by atoms with Crippen molar-refractivity contribution in [2.45, 2.75) is 57.4 Å². The molecule has 2 aliphatic carbocycles. The molecule has 2 saturated carbocycles. The molecule has 0 aromatic heterocycles. The molecular weight excluding hydrogens is 264 g/mol. The molecule has 112 valence electrons. The summed E-state index contributed by atoms with van der Waals surface area (Å²) >= 11 is 0. The maximum absolute atomic E-state index is 12.1. The number of hydrogen-bond acceptors (Lipinski definition) is 3. The van der Waals surface area contributed by atoms with Crippen molar-refractivity contribution in [2.24, 2.45) is 17.1 Å². The molecule has 0 radical (unpaired) electrons. The number of halogens is 1. The van der Waals surface area contributed by atoms with E-state index in [1.54, 1.807) is 0 Å². The molecule has 2 fully saturated rings. The number of aliphatic hydroxyl groups excluding tert-OH is 1. The van der Waals surface area contributed by atoms with E-state index in [0.29, 0.717) is 0 Å². The number of carbonyl (C=O) groups is 1. The minimum Gasteiger partial charge on any atom is -0.396 e. The third kappa shape index (κ3) is 4.33. The van der Waals surface area contributed by atoms with Crippen LogP contribution < -0.4 is 11.1 Å². The van der Waals surface area contributed by atoms with E-state index in [-0.39, 0.29) is 42.3 Å². The molecular formula is C14H27ClN2O2. The van der Waals surface area contributed by atoms with Gasteiger partial charge < -0.3 is 16.2 Å². The molecule has 2 aliphatic rings. The Morgan fingerprint density at radius 1 is 1.32 bits per heavy atom. The first-order valence-electron chi connectivity index (χ1n) is 7.29. The number of nitrogens with two attached hydrogens (primary N) is 1. The van der Waals surface area contributed by atoms with Gasteiger partial charge in [0.2, 0.25) is 5.91 Å². The molecule has 19 heavy (non-hydrogen) atoms. The molecule has 1 amide bonds. The van der Waals surface area contributed by atoms with Gasteiger partial charge in [0.15, 0.2) is 0 Å². The average Bonchev–Trinajstić information content (AvgIpc) is 2.97. The monoisotopic (exact) mass is 290 g/mol. The fraction of sp³-hybridized carbons (Fsp3) is 0.929. The number of amides is 1. The van der Waals surface area contributed by atoms with Crippen LogP contribution in [-0.4, -0.2) is 30.2 Å². The standard InChI is InChI=1S/C14H26N2O2.ClH/c15-12-4-3-11(9-12)13(18)16-10-14(7-8-17)5-1-2-6-14;/h11-12,17H,1-10,15H2,(H,16,18);1H. The Balaban J connectivity index is 0.00000180. The van der Waals surface area contributed by atoms with Crippen molar-refractivity contribution in [2.75, 3.05) is 13.2 Å². The lowest BCUT2D eigenvalue weighted by Gasteiger charge is -2.29. The van der Waals surface area contributed by atoms with Crippen LogP contribution in [0.25, 0.3) is 0 Å². The Morgan fingerprint density at radius 2 is 2.00 bits per heavy atom. The quantitative estimate of drug-likeness (QED) is 0.720. The van der Waals surface area contributed by atoms with Crippen molar-refractivity contribution in [3.63, 3.8) is 0 Å². The number of aliphatic hydroxyl groups is 1. The van der Waals surface area contributed by atoms with Crippen LogP contribution in [0.5, 0.6) is 0 Å². The molecule has 2 atom stereocenters. The highest BCUT2D eigenvalue weighted by molar-refractivity contribution is 5.85. The van der Waals surface area contributed by atoms with Crippen LogP contribution in [0.1, 0.15) is 51.4 Å². The van der Waals surface area contributed by atoms with Gasteiger partial charge in [-0.1, -0.05) is 12.8 Å². The molecule has 0 aliphatic heterocycles. The maximum atomic E-state index is 12.1. The molecule has 0 heterocycles. The molecule has 2 unspecified atom stereocenters. The summed E-state index contributed by atoms with van der Waals surface area (Å²) in [4.78, 5) is 12.1. The summed E-state index contributed by atoms with van der Waals surface area (Å²) < 4.78 is 0. The Kier molecular flexibility index (Phi) is 6.57. The van der Waals surface area contributed by atoms with Crippen LogP contribution in [-0.2, 0) is 4.79 Å². The van der Waals surface area contributed by atoms with E-state index in [4.69, 9.17) is 5.73 Å². The van der Waals surface area contributed by atoms with E-state index in [1.165, 1.54) is 12.8 Å². The Bertz CT molecular complexity index is 293. The van der Waals surface area contributed by atoms with Gasteiger partial charge in [0, 0.05) is 25.1 Å². The van der Waals surface area contributed by atoms with Gasteiger partial charge in [-0.05, 0) is 43.9 Å². The highest BCUT2D eigenvalue weighted by atomic mass is 35.5. The van der Waals surface area contributed by atoms with Crippen LogP contribution >= 0.6 is 12.4 Å². The summed E-state index contributed by atoms with van der Waals surface area (Å²) in [5.41, 5.74) is 6.00. The highest BCUT2D eigenvalue weighted by Gasteiger charge is 2.35. The first kappa shape index (κ1) is 16.7. The SMILES string of the molecule is Cl.NC1CCC(C(=O)NCC2(CCO)CCCC2)C1. The summed E-state index contributed by atoms with van der Waals surface area (Å²) in [6.07, 6.45) is 8.28. The Morgan fingerprint density at radius 3 is 2.53 bits per heavy atom.